The van der Waals surface area contributed by atoms with Gasteiger partial charge in [0.05, 0.1) is 0 Å². The van der Waals surface area contributed by atoms with Crippen LogP contribution in [0.2, 0.25) is 0 Å². The van der Waals surface area contributed by atoms with E-state index < -0.39 is 5.43 Å². The van der Waals surface area contributed by atoms with Crippen LogP contribution >= 0.6 is 11.6 Å². The number of rotatable bonds is 1. The van der Waals surface area contributed by atoms with Crippen molar-refractivity contribution in [2.24, 2.45) is 0 Å². The number of hydrogen-bond acceptors (Lipinski definition) is 4. The highest BCUT2D eigenvalue weighted by atomic mass is 35.5. The zero-order valence-corrected chi connectivity index (χ0v) is 5.88. The molecule has 4 nitrogen and oxygen atoms in total. The lowest BCUT2D eigenvalue weighted by Crippen LogP contribution is -1.95. The van der Waals surface area contributed by atoms with E-state index >= 15 is 0 Å². The van der Waals surface area contributed by atoms with Gasteiger partial charge in [0.15, 0.2) is 0 Å². The monoisotopic (exact) mass is 161 g/mol. The zero-order valence-electron chi connectivity index (χ0n) is 5.13. The summed E-state index contributed by atoms with van der Waals surface area (Å²) in [6.45, 7) is 1.68. The number of aryl methyl sites for hydroxylation is 1. The van der Waals surface area contributed by atoms with E-state index in [1.165, 1.54) is 6.07 Å². The van der Waals surface area contributed by atoms with Crippen molar-refractivity contribution < 1.29 is 14.1 Å². The average molecular weight is 162 g/mol. The van der Waals surface area contributed by atoms with Crippen LogP contribution in [0.25, 0.3) is 0 Å². The minimum Gasteiger partial charge on any atom is -0.392 e. The van der Waals surface area contributed by atoms with E-state index in [0.717, 1.165) is 0 Å². The predicted octanol–water partition coefficient (Wildman–Crippen LogP) is 1.72. The van der Waals surface area contributed by atoms with Gasteiger partial charge in [-0.25, -0.2) is 4.79 Å². The number of ether oxygens (including phenoxy) is 1. The van der Waals surface area contributed by atoms with Gasteiger partial charge >= 0.3 is 5.43 Å². The topological polar surface area (TPSA) is 52.3 Å². The molecule has 5 heteroatoms. The van der Waals surface area contributed by atoms with Gasteiger partial charge in [-0.2, -0.15) is 0 Å². The summed E-state index contributed by atoms with van der Waals surface area (Å²) in [6.07, 6.45) is 0. The average Bonchev–Trinajstić information content (AvgIpc) is 2.13. The highest BCUT2D eigenvalue weighted by molar-refractivity contribution is 6.61. The van der Waals surface area contributed by atoms with E-state index in [1.807, 2.05) is 0 Å². The molecule has 0 aromatic carbocycles. The van der Waals surface area contributed by atoms with Crippen LogP contribution in [0, 0.1) is 6.92 Å². The molecule has 10 heavy (non-hydrogen) atoms. The van der Waals surface area contributed by atoms with Crippen LogP contribution in [-0.2, 0) is 0 Å². The smallest absolute Gasteiger partial charge is 0.392 e. The highest BCUT2D eigenvalue weighted by Crippen LogP contribution is 2.10. The third kappa shape index (κ3) is 1.73. The summed E-state index contributed by atoms with van der Waals surface area (Å²) in [5.74, 6) is 0.644. The summed E-state index contributed by atoms with van der Waals surface area (Å²) in [5, 5.41) is 3.35. The number of halogens is 1. The van der Waals surface area contributed by atoms with Crippen molar-refractivity contribution >= 4 is 17.0 Å². The molecule has 0 radical (unpaired) electrons. The first kappa shape index (κ1) is 7.08. The molecule has 1 aromatic rings. The van der Waals surface area contributed by atoms with Crippen molar-refractivity contribution in [2.45, 2.75) is 6.92 Å². The molecular formula is C5H4ClNO3. The summed E-state index contributed by atoms with van der Waals surface area (Å²) in [6, 6.07) is 1.46. The lowest BCUT2D eigenvalue weighted by molar-refractivity contribution is 0.220. The van der Waals surface area contributed by atoms with Crippen molar-refractivity contribution in [1.29, 1.82) is 0 Å². The maximum Gasteiger partial charge on any atom is 0.410 e. The standard InChI is InChI=1S/C5H4ClNO3/c1-3-2-4(7-10-3)9-5(6)8/h2H,1H3. The Kier molecular flexibility index (Phi) is 1.91. The Bertz CT molecular complexity index is 245. The SMILES string of the molecule is Cc1cc(OC(=O)Cl)no1. The molecule has 0 bridgehead atoms. The van der Waals surface area contributed by atoms with E-state index in [1.54, 1.807) is 6.92 Å². The van der Waals surface area contributed by atoms with Crippen LogP contribution in [0.3, 0.4) is 0 Å². The van der Waals surface area contributed by atoms with Gasteiger partial charge < -0.3 is 9.26 Å². The van der Waals surface area contributed by atoms with Crippen LogP contribution in [0.15, 0.2) is 10.6 Å². The predicted molar refractivity (Wildman–Crippen MR) is 33.1 cm³/mol. The van der Waals surface area contributed by atoms with Gasteiger partial charge in [0, 0.05) is 17.7 Å². The largest absolute Gasteiger partial charge is 0.410 e. The van der Waals surface area contributed by atoms with Crippen LogP contribution in [0.4, 0.5) is 4.79 Å². The maximum absolute atomic E-state index is 10.1. The second kappa shape index (κ2) is 2.70. The van der Waals surface area contributed by atoms with E-state index in [2.05, 4.69) is 14.4 Å². The van der Waals surface area contributed by atoms with Crippen molar-refractivity contribution in [3.8, 4) is 5.88 Å². The fraction of sp³-hybridized carbons (Fsp3) is 0.200. The molecule has 0 amide bonds. The Morgan fingerprint density at radius 3 is 3.00 bits per heavy atom. The summed E-state index contributed by atoms with van der Waals surface area (Å²) >= 11 is 4.88. The summed E-state index contributed by atoms with van der Waals surface area (Å²) in [5.41, 5.74) is -0.923. The first-order valence-electron chi connectivity index (χ1n) is 2.49. The van der Waals surface area contributed by atoms with Gasteiger partial charge in [-0.15, -0.1) is 0 Å². The molecule has 1 heterocycles. The van der Waals surface area contributed by atoms with E-state index in [9.17, 15) is 4.79 Å². The van der Waals surface area contributed by atoms with Crippen LogP contribution in [0.5, 0.6) is 5.88 Å². The Balaban J connectivity index is 2.67. The van der Waals surface area contributed by atoms with Crippen molar-refractivity contribution in [3.63, 3.8) is 0 Å². The van der Waals surface area contributed by atoms with Crippen LogP contribution < -0.4 is 4.74 Å². The Morgan fingerprint density at radius 2 is 2.60 bits per heavy atom. The number of hydrogen-bond donors (Lipinski definition) is 0. The van der Waals surface area contributed by atoms with E-state index in [4.69, 9.17) is 11.6 Å². The number of carbonyl (C=O) groups is 1. The molecule has 0 unspecified atom stereocenters. The Morgan fingerprint density at radius 1 is 1.90 bits per heavy atom. The molecule has 1 rings (SSSR count). The molecular weight excluding hydrogens is 158 g/mol. The quantitative estimate of drug-likeness (QED) is 0.589. The molecule has 0 N–H and O–H groups in total. The fourth-order valence-corrected chi connectivity index (χ4v) is 0.553. The van der Waals surface area contributed by atoms with Gasteiger partial charge in [0.1, 0.15) is 5.76 Å². The fourth-order valence-electron chi connectivity index (χ4n) is 0.474. The van der Waals surface area contributed by atoms with Gasteiger partial charge in [0.25, 0.3) is 5.88 Å². The summed E-state index contributed by atoms with van der Waals surface area (Å²) in [7, 11) is 0. The Hall–Kier alpha value is -1.03. The third-order valence-corrected chi connectivity index (χ3v) is 0.868. The van der Waals surface area contributed by atoms with E-state index in [0.29, 0.717) is 5.76 Å². The minimum atomic E-state index is -0.923. The van der Waals surface area contributed by atoms with Crippen molar-refractivity contribution in [1.82, 2.24) is 5.16 Å². The van der Waals surface area contributed by atoms with Gasteiger partial charge in [0.2, 0.25) is 0 Å². The highest BCUT2D eigenvalue weighted by Gasteiger charge is 2.03. The molecule has 0 aliphatic heterocycles. The van der Waals surface area contributed by atoms with Crippen molar-refractivity contribution in [3.05, 3.63) is 11.8 Å². The number of carbonyl (C=O) groups excluding carboxylic acids is 1. The summed E-state index contributed by atoms with van der Waals surface area (Å²) in [4.78, 5) is 10.1. The van der Waals surface area contributed by atoms with Gasteiger partial charge in [-0.1, -0.05) is 0 Å². The maximum atomic E-state index is 10.1. The lowest BCUT2D eigenvalue weighted by atomic mass is 10.5. The molecule has 0 atom stereocenters. The van der Waals surface area contributed by atoms with Crippen molar-refractivity contribution in [2.75, 3.05) is 0 Å². The minimum absolute atomic E-state index is 0.0810. The lowest BCUT2D eigenvalue weighted by Gasteiger charge is -1.87. The first-order chi connectivity index (χ1) is 4.68. The molecule has 0 saturated carbocycles. The second-order valence-corrected chi connectivity index (χ2v) is 1.92. The number of aromatic nitrogens is 1. The molecule has 0 aliphatic carbocycles. The molecule has 54 valence electrons. The molecule has 0 aliphatic rings. The molecule has 1 aromatic heterocycles. The molecule has 0 fully saturated rings. The van der Waals surface area contributed by atoms with Crippen LogP contribution in [0.1, 0.15) is 5.76 Å². The third-order valence-electron chi connectivity index (χ3n) is 0.791. The molecule has 0 spiro atoms. The number of nitrogens with zero attached hydrogens (tertiary/aromatic N) is 1. The van der Waals surface area contributed by atoms with Gasteiger partial charge in [-0.05, 0) is 12.1 Å². The normalized spacial score (nSPS) is 9.40. The Labute approximate surface area is 61.7 Å². The first-order valence-corrected chi connectivity index (χ1v) is 2.87. The van der Waals surface area contributed by atoms with E-state index in [-0.39, 0.29) is 5.88 Å². The molecule has 0 saturated heterocycles. The second-order valence-electron chi connectivity index (χ2n) is 1.62. The zero-order chi connectivity index (χ0) is 7.56. The van der Waals surface area contributed by atoms with Crippen LogP contribution in [-0.4, -0.2) is 10.6 Å². The summed E-state index contributed by atoms with van der Waals surface area (Å²) < 4.78 is 8.94. The van der Waals surface area contributed by atoms with Gasteiger partial charge in [-0.3, -0.25) is 0 Å².